The normalized spacial score (nSPS) is 11.2. The van der Waals surface area contributed by atoms with Crippen molar-refractivity contribution in [3.05, 3.63) is 98.8 Å². The molecule has 0 aliphatic carbocycles. The molecular weight excluding hydrogens is 460 g/mol. The van der Waals surface area contributed by atoms with E-state index in [1.807, 2.05) is 73.3 Å². The van der Waals surface area contributed by atoms with Crippen molar-refractivity contribution in [3.8, 4) is 16.9 Å². The summed E-state index contributed by atoms with van der Waals surface area (Å²) in [6.45, 7) is 6.21. The van der Waals surface area contributed by atoms with Gasteiger partial charge in [0, 0.05) is 35.7 Å². The number of amides is 1. The molecule has 1 amide bonds. The van der Waals surface area contributed by atoms with Crippen LogP contribution in [0.25, 0.3) is 21.9 Å². The van der Waals surface area contributed by atoms with Crippen LogP contribution in [0.2, 0.25) is 0 Å². The first-order valence-electron chi connectivity index (χ1n) is 11.2. The number of nitrogens with one attached hydrogen (secondary N) is 1. The Morgan fingerprint density at radius 2 is 1.89 bits per heavy atom. The summed E-state index contributed by atoms with van der Waals surface area (Å²) in [4.78, 5) is 35.5. The van der Waals surface area contributed by atoms with Crippen molar-refractivity contribution in [3.63, 3.8) is 0 Å². The van der Waals surface area contributed by atoms with E-state index < -0.39 is 0 Å². The standard InChI is InChI=1S/C26H24N6O2S/c1-16-5-4-6-20(11-16)32-17(2)12-22(30-32)24-18(3)29-26-31(25(24)34)21(15-35-26)13-23(33)28-14-19-7-9-27-10-8-19/h4-12,15H,13-14H2,1-3H3,(H,28,33). The molecule has 0 saturated carbocycles. The molecule has 0 fully saturated rings. The van der Waals surface area contributed by atoms with Crippen LogP contribution in [-0.4, -0.2) is 30.1 Å². The van der Waals surface area contributed by atoms with Crippen molar-refractivity contribution in [1.82, 2.24) is 29.5 Å². The zero-order chi connectivity index (χ0) is 24.5. The van der Waals surface area contributed by atoms with Gasteiger partial charge in [-0.3, -0.25) is 19.0 Å². The Labute approximate surface area is 205 Å². The number of benzene rings is 1. The smallest absolute Gasteiger partial charge is 0.268 e. The molecule has 0 aliphatic heterocycles. The number of aromatic nitrogens is 5. The zero-order valence-corrected chi connectivity index (χ0v) is 20.5. The van der Waals surface area contributed by atoms with Crippen LogP contribution in [0.3, 0.4) is 0 Å². The number of hydrogen-bond acceptors (Lipinski definition) is 6. The molecule has 1 N–H and O–H groups in total. The fraction of sp³-hybridized carbons (Fsp3) is 0.192. The molecule has 9 heteroatoms. The SMILES string of the molecule is Cc1cccc(-n2nc(-c3c(C)nc4scc(CC(=O)NCc5ccncc5)n4c3=O)cc2C)c1. The second-order valence-electron chi connectivity index (χ2n) is 8.45. The highest BCUT2D eigenvalue weighted by Gasteiger charge is 2.20. The van der Waals surface area contributed by atoms with Crippen LogP contribution in [0.5, 0.6) is 0 Å². The lowest BCUT2D eigenvalue weighted by Crippen LogP contribution is -2.27. The molecule has 0 saturated heterocycles. The topological polar surface area (TPSA) is 94.2 Å². The van der Waals surface area contributed by atoms with E-state index in [1.165, 1.54) is 15.7 Å². The van der Waals surface area contributed by atoms with E-state index in [9.17, 15) is 9.59 Å². The van der Waals surface area contributed by atoms with E-state index in [-0.39, 0.29) is 17.9 Å². The molecule has 0 unspecified atom stereocenters. The summed E-state index contributed by atoms with van der Waals surface area (Å²) in [5, 5.41) is 9.45. The summed E-state index contributed by atoms with van der Waals surface area (Å²) in [5.74, 6) is -0.171. The second kappa shape index (κ2) is 9.27. The van der Waals surface area contributed by atoms with E-state index in [1.54, 1.807) is 12.4 Å². The van der Waals surface area contributed by atoms with E-state index in [0.29, 0.717) is 34.2 Å². The molecule has 1 aromatic carbocycles. The molecule has 35 heavy (non-hydrogen) atoms. The number of rotatable bonds is 6. The number of pyridine rings is 1. The summed E-state index contributed by atoms with van der Waals surface area (Å²) < 4.78 is 3.36. The van der Waals surface area contributed by atoms with Gasteiger partial charge in [0.15, 0.2) is 4.96 Å². The maximum Gasteiger partial charge on any atom is 0.268 e. The third kappa shape index (κ3) is 4.50. The molecule has 176 valence electrons. The molecule has 4 heterocycles. The molecule has 8 nitrogen and oxygen atoms in total. The van der Waals surface area contributed by atoms with Crippen LogP contribution < -0.4 is 10.9 Å². The molecule has 4 aromatic heterocycles. The fourth-order valence-electron chi connectivity index (χ4n) is 4.07. The Kier molecular flexibility index (Phi) is 6.00. The first kappa shape index (κ1) is 22.7. The van der Waals surface area contributed by atoms with Gasteiger partial charge < -0.3 is 5.32 Å². The first-order valence-corrected chi connectivity index (χ1v) is 12.1. The van der Waals surface area contributed by atoms with Gasteiger partial charge in [0.05, 0.1) is 23.4 Å². The molecule has 0 radical (unpaired) electrons. The van der Waals surface area contributed by atoms with Crippen molar-refractivity contribution < 1.29 is 4.79 Å². The maximum absolute atomic E-state index is 13.6. The third-order valence-electron chi connectivity index (χ3n) is 5.79. The van der Waals surface area contributed by atoms with Crippen LogP contribution in [0.1, 0.15) is 28.2 Å². The van der Waals surface area contributed by atoms with Crippen molar-refractivity contribution in [2.45, 2.75) is 33.7 Å². The van der Waals surface area contributed by atoms with Gasteiger partial charge in [0.25, 0.3) is 5.56 Å². The summed E-state index contributed by atoms with van der Waals surface area (Å²) in [6.07, 6.45) is 3.45. The minimum absolute atomic E-state index is 0.0753. The van der Waals surface area contributed by atoms with Crippen LogP contribution in [0.15, 0.2) is 65.0 Å². The van der Waals surface area contributed by atoms with Gasteiger partial charge in [-0.25, -0.2) is 9.67 Å². The Morgan fingerprint density at radius 3 is 2.66 bits per heavy atom. The zero-order valence-electron chi connectivity index (χ0n) is 19.6. The lowest BCUT2D eigenvalue weighted by molar-refractivity contribution is -0.120. The maximum atomic E-state index is 13.6. The number of carbonyl (C=O) groups is 1. The predicted octanol–water partition coefficient (Wildman–Crippen LogP) is 3.79. The molecule has 0 spiro atoms. The summed E-state index contributed by atoms with van der Waals surface area (Å²) in [5.41, 5.74) is 5.92. The fourth-order valence-corrected chi connectivity index (χ4v) is 5.00. The Bertz CT molecular complexity index is 1600. The minimum Gasteiger partial charge on any atom is -0.352 e. The summed E-state index contributed by atoms with van der Waals surface area (Å²) in [6, 6.07) is 13.6. The highest BCUT2D eigenvalue weighted by atomic mass is 32.1. The second-order valence-corrected chi connectivity index (χ2v) is 9.29. The Hall–Kier alpha value is -4.11. The predicted molar refractivity (Wildman–Crippen MR) is 136 cm³/mol. The van der Waals surface area contributed by atoms with Gasteiger partial charge in [-0.05, 0) is 62.2 Å². The molecule has 5 rings (SSSR count). The lowest BCUT2D eigenvalue weighted by Gasteiger charge is -2.07. The van der Waals surface area contributed by atoms with E-state index in [2.05, 4.69) is 15.3 Å². The number of carbonyl (C=O) groups excluding carboxylic acids is 1. The van der Waals surface area contributed by atoms with Crippen molar-refractivity contribution >= 4 is 22.2 Å². The monoisotopic (exact) mass is 484 g/mol. The minimum atomic E-state index is -0.223. The highest BCUT2D eigenvalue weighted by Crippen LogP contribution is 2.23. The van der Waals surface area contributed by atoms with Crippen molar-refractivity contribution in [1.29, 1.82) is 0 Å². The van der Waals surface area contributed by atoms with Crippen molar-refractivity contribution in [2.75, 3.05) is 0 Å². The highest BCUT2D eigenvalue weighted by molar-refractivity contribution is 7.15. The van der Waals surface area contributed by atoms with E-state index in [0.717, 1.165) is 22.5 Å². The Morgan fingerprint density at radius 1 is 1.09 bits per heavy atom. The van der Waals surface area contributed by atoms with Gasteiger partial charge in [0.2, 0.25) is 5.91 Å². The lowest BCUT2D eigenvalue weighted by atomic mass is 10.1. The molecular formula is C26H24N6O2S. The third-order valence-corrected chi connectivity index (χ3v) is 6.67. The van der Waals surface area contributed by atoms with Gasteiger partial charge >= 0.3 is 0 Å². The van der Waals surface area contributed by atoms with Crippen LogP contribution in [0.4, 0.5) is 0 Å². The number of hydrogen-bond donors (Lipinski definition) is 1. The van der Waals surface area contributed by atoms with Gasteiger partial charge in [-0.2, -0.15) is 5.10 Å². The number of nitrogens with zero attached hydrogens (tertiary/aromatic N) is 5. The average molecular weight is 485 g/mol. The number of aryl methyl sites for hydroxylation is 3. The van der Waals surface area contributed by atoms with Crippen molar-refractivity contribution in [2.24, 2.45) is 0 Å². The molecule has 5 aromatic rings. The molecule has 0 aliphatic rings. The van der Waals surface area contributed by atoms with Crippen LogP contribution in [0, 0.1) is 20.8 Å². The first-order chi connectivity index (χ1) is 16.9. The van der Waals surface area contributed by atoms with E-state index in [4.69, 9.17) is 5.10 Å². The van der Waals surface area contributed by atoms with Crippen LogP contribution >= 0.6 is 11.3 Å². The molecule has 0 bridgehead atoms. The van der Waals surface area contributed by atoms with E-state index >= 15 is 0 Å². The van der Waals surface area contributed by atoms with Crippen LogP contribution in [-0.2, 0) is 17.8 Å². The van der Waals surface area contributed by atoms with Gasteiger partial charge in [-0.1, -0.05) is 12.1 Å². The van der Waals surface area contributed by atoms with Gasteiger partial charge in [0.1, 0.15) is 5.69 Å². The Balaban J connectivity index is 1.48. The largest absolute Gasteiger partial charge is 0.352 e. The summed E-state index contributed by atoms with van der Waals surface area (Å²) >= 11 is 1.35. The number of thiazole rings is 1. The molecule has 0 atom stereocenters. The number of fused-ring (bicyclic) bond motifs is 1. The average Bonchev–Trinajstić information content (AvgIpc) is 3.41. The van der Waals surface area contributed by atoms with Gasteiger partial charge in [-0.15, -0.1) is 11.3 Å². The quantitative estimate of drug-likeness (QED) is 0.396. The summed E-state index contributed by atoms with van der Waals surface area (Å²) in [7, 11) is 0.